The highest BCUT2D eigenvalue weighted by Crippen LogP contribution is 2.39. The number of thiophene rings is 2. The van der Waals surface area contributed by atoms with Gasteiger partial charge in [-0.3, -0.25) is 4.79 Å². The SMILES string of the molecule is COc1ccc(-c2csc(NC(=O)c3cccs3)c2C(=O)[O-])cc1OC. The summed E-state index contributed by atoms with van der Waals surface area (Å²) < 4.78 is 10.5. The van der Waals surface area contributed by atoms with Gasteiger partial charge >= 0.3 is 0 Å². The zero-order valence-electron chi connectivity index (χ0n) is 13.9. The van der Waals surface area contributed by atoms with Crippen LogP contribution in [0.15, 0.2) is 41.1 Å². The van der Waals surface area contributed by atoms with E-state index in [1.54, 1.807) is 41.1 Å². The number of carboxylic acid groups (broad SMARTS) is 1. The Morgan fingerprint density at radius 1 is 1.08 bits per heavy atom. The number of rotatable bonds is 6. The largest absolute Gasteiger partial charge is 0.545 e. The smallest absolute Gasteiger partial charge is 0.266 e. The number of carboxylic acids is 1. The molecule has 0 aliphatic heterocycles. The standard InChI is InChI=1S/C18H15NO5S2/c1-23-12-6-5-10(8-13(12)24-2)11-9-26-17(15(11)18(21)22)19-16(20)14-4-3-7-25-14/h3-9H,1-2H3,(H,19,20)(H,21,22)/p-1. The number of ether oxygens (including phenoxy) is 2. The van der Waals surface area contributed by atoms with Gasteiger partial charge in [-0.05, 0) is 29.1 Å². The molecule has 0 aliphatic carbocycles. The number of anilines is 1. The van der Waals surface area contributed by atoms with Crippen molar-refractivity contribution in [2.75, 3.05) is 19.5 Å². The average molecular weight is 388 g/mol. The molecule has 134 valence electrons. The fraction of sp³-hybridized carbons (Fsp3) is 0.111. The zero-order chi connectivity index (χ0) is 18.7. The Balaban J connectivity index is 2.00. The van der Waals surface area contributed by atoms with E-state index in [1.165, 1.54) is 25.6 Å². The van der Waals surface area contributed by atoms with Crippen molar-refractivity contribution >= 4 is 39.6 Å². The number of nitrogens with one attached hydrogen (secondary N) is 1. The minimum absolute atomic E-state index is 0.0628. The molecule has 0 atom stereocenters. The van der Waals surface area contributed by atoms with Crippen LogP contribution in [0, 0.1) is 0 Å². The van der Waals surface area contributed by atoms with E-state index in [2.05, 4.69) is 5.32 Å². The molecule has 0 saturated carbocycles. The van der Waals surface area contributed by atoms with Gasteiger partial charge in [-0.15, -0.1) is 22.7 Å². The van der Waals surface area contributed by atoms with E-state index in [0.29, 0.717) is 27.5 Å². The van der Waals surface area contributed by atoms with Gasteiger partial charge in [-0.2, -0.15) is 0 Å². The van der Waals surface area contributed by atoms with Gasteiger partial charge in [-0.1, -0.05) is 12.1 Å². The Morgan fingerprint density at radius 2 is 1.85 bits per heavy atom. The van der Waals surface area contributed by atoms with Gasteiger partial charge < -0.3 is 24.7 Å². The lowest BCUT2D eigenvalue weighted by Crippen LogP contribution is -2.24. The quantitative estimate of drug-likeness (QED) is 0.701. The Hall–Kier alpha value is -2.84. The highest BCUT2D eigenvalue weighted by atomic mass is 32.1. The van der Waals surface area contributed by atoms with E-state index in [-0.39, 0.29) is 16.5 Å². The van der Waals surface area contributed by atoms with Gasteiger partial charge in [0.1, 0.15) is 5.00 Å². The minimum Gasteiger partial charge on any atom is -0.545 e. The lowest BCUT2D eigenvalue weighted by Gasteiger charge is -2.12. The maximum atomic E-state index is 12.2. The van der Waals surface area contributed by atoms with Gasteiger partial charge in [0.2, 0.25) is 0 Å². The van der Waals surface area contributed by atoms with Crippen molar-refractivity contribution in [2.24, 2.45) is 0 Å². The first kappa shape index (κ1) is 18.0. The molecule has 0 bridgehead atoms. The first-order chi connectivity index (χ1) is 12.5. The minimum atomic E-state index is -1.36. The lowest BCUT2D eigenvalue weighted by molar-refractivity contribution is -0.254. The molecule has 2 heterocycles. The number of amides is 1. The van der Waals surface area contributed by atoms with Crippen molar-refractivity contribution in [3.8, 4) is 22.6 Å². The van der Waals surface area contributed by atoms with Crippen LogP contribution in [0.1, 0.15) is 20.0 Å². The Bertz CT molecular complexity index is 947. The third-order valence-corrected chi connectivity index (χ3v) is 5.43. The van der Waals surface area contributed by atoms with Gasteiger partial charge in [0.15, 0.2) is 11.5 Å². The molecule has 3 aromatic rings. The van der Waals surface area contributed by atoms with Gasteiger partial charge in [0, 0.05) is 16.5 Å². The predicted octanol–water partition coefficient (Wildman–Crippen LogP) is 3.11. The van der Waals surface area contributed by atoms with Gasteiger partial charge in [-0.25, -0.2) is 0 Å². The van der Waals surface area contributed by atoms with Crippen molar-refractivity contribution in [2.45, 2.75) is 0 Å². The lowest BCUT2D eigenvalue weighted by atomic mass is 10.0. The maximum absolute atomic E-state index is 12.2. The fourth-order valence-corrected chi connectivity index (χ4v) is 4.01. The molecular formula is C18H14NO5S2-. The molecule has 0 fully saturated rings. The molecule has 0 saturated heterocycles. The highest BCUT2D eigenvalue weighted by Gasteiger charge is 2.18. The van der Waals surface area contributed by atoms with E-state index in [0.717, 1.165) is 11.3 Å². The summed E-state index contributed by atoms with van der Waals surface area (Å²) in [5.74, 6) is -0.710. The Kier molecular flexibility index (Phi) is 5.24. The van der Waals surface area contributed by atoms with Crippen LogP contribution in [-0.2, 0) is 0 Å². The third kappa shape index (κ3) is 3.42. The second kappa shape index (κ2) is 7.59. The van der Waals surface area contributed by atoms with Crippen molar-refractivity contribution in [1.82, 2.24) is 0 Å². The van der Waals surface area contributed by atoms with Crippen molar-refractivity contribution in [1.29, 1.82) is 0 Å². The van der Waals surface area contributed by atoms with E-state index in [1.807, 2.05) is 0 Å². The van der Waals surface area contributed by atoms with Gasteiger partial charge in [0.25, 0.3) is 5.91 Å². The highest BCUT2D eigenvalue weighted by molar-refractivity contribution is 7.15. The van der Waals surface area contributed by atoms with Crippen LogP contribution < -0.4 is 19.9 Å². The molecule has 1 aromatic carbocycles. The molecule has 26 heavy (non-hydrogen) atoms. The second-order valence-electron chi connectivity index (χ2n) is 5.14. The number of carbonyl (C=O) groups excluding carboxylic acids is 2. The monoisotopic (exact) mass is 388 g/mol. The van der Waals surface area contributed by atoms with Crippen molar-refractivity contribution in [3.63, 3.8) is 0 Å². The first-order valence-electron chi connectivity index (χ1n) is 7.45. The number of hydrogen-bond acceptors (Lipinski definition) is 7. The zero-order valence-corrected chi connectivity index (χ0v) is 15.5. The predicted molar refractivity (Wildman–Crippen MR) is 99.5 cm³/mol. The van der Waals surface area contributed by atoms with Crippen molar-refractivity contribution in [3.05, 3.63) is 51.5 Å². The molecule has 1 amide bonds. The topological polar surface area (TPSA) is 87.7 Å². The Labute approximate surface area is 157 Å². The molecule has 3 rings (SSSR count). The average Bonchev–Trinajstić information content (AvgIpc) is 3.30. The van der Waals surface area contributed by atoms with Crippen LogP contribution in [0.3, 0.4) is 0 Å². The summed E-state index contributed by atoms with van der Waals surface area (Å²) in [6.07, 6.45) is 0. The number of carbonyl (C=O) groups is 2. The third-order valence-electron chi connectivity index (χ3n) is 3.66. The summed E-state index contributed by atoms with van der Waals surface area (Å²) in [4.78, 5) is 24.4. The first-order valence-corrected chi connectivity index (χ1v) is 9.21. The summed E-state index contributed by atoms with van der Waals surface area (Å²) >= 11 is 2.40. The van der Waals surface area contributed by atoms with Crippen LogP contribution in [0.5, 0.6) is 11.5 Å². The van der Waals surface area contributed by atoms with E-state index in [4.69, 9.17) is 9.47 Å². The van der Waals surface area contributed by atoms with Crippen molar-refractivity contribution < 1.29 is 24.2 Å². The normalized spacial score (nSPS) is 10.4. The molecule has 2 aromatic heterocycles. The number of aromatic carboxylic acids is 1. The molecular weight excluding hydrogens is 374 g/mol. The summed E-state index contributed by atoms with van der Waals surface area (Å²) in [6.45, 7) is 0. The van der Waals surface area contributed by atoms with Crippen LogP contribution in [0.2, 0.25) is 0 Å². The summed E-state index contributed by atoms with van der Waals surface area (Å²) in [6, 6.07) is 8.51. The number of benzene rings is 1. The number of methoxy groups -OCH3 is 2. The second-order valence-corrected chi connectivity index (χ2v) is 6.97. The van der Waals surface area contributed by atoms with E-state index in [9.17, 15) is 14.7 Å². The van der Waals surface area contributed by atoms with Crippen LogP contribution in [-0.4, -0.2) is 26.1 Å². The summed E-state index contributed by atoms with van der Waals surface area (Å²) in [7, 11) is 3.02. The molecule has 6 nitrogen and oxygen atoms in total. The molecule has 0 spiro atoms. The molecule has 0 radical (unpaired) electrons. The molecule has 0 unspecified atom stereocenters. The maximum Gasteiger partial charge on any atom is 0.266 e. The van der Waals surface area contributed by atoms with Crippen LogP contribution in [0.4, 0.5) is 5.00 Å². The van der Waals surface area contributed by atoms with Crippen LogP contribution in [0.25, 0.3) is 11.1 Å². The van der Waals surface area contributed by atoms with Crippen LogP contribution >= 0.6 is 22.7 Å². The summed E-state index contributed by atoms with van der Waals surface area (Å²) in [5.41, 5.74) is 0.999. The molecule has 0 aliphatic rings. The summed E-state index contributed by atoms with van der Waals surface area (Å²) in [5, 5.41) is 18.0. The Morgan fingerprint density at radius 3 is 2.46 bits per heavy atom. The van der Waals surface area contributed by atoms with E-state index >= 15 is 0 Å². The van der Waals surface area contributed by atoms with Gasteiger partial charge in [0.05, 0.1) is 25.1 Å². The fourth-order valence-electron chi connectivity index (χ4n) is 2.44. The molecule has 8 heteroatoms. The van der Waals surface area contributed by atoms with E-state index < -0.39 is 5.97 Å². The molecule has 1 N–H and O–H groups in total. The number of hydrogen-bond donors (Lipinski definition) is 1.